The van der Waals surface area contributed by atoms with Gasteiger partial charge in [-0.05, 0) is 54.1 Å². The SMILES string of the molecule is O=C(N/N=C\c1ccc(O)cc1)c1cc2cc(Br)ccc2o1. The van der Waals surface area contributed by atoms with Crippen molar-refractivity contribution in [2.75, 3.05) is 0 Å². The smallest absolute Gasteiger partial charge is 0.307 e. The minimum atomic E-state index is -0.428. The fourth-order valence-corrected chi connectivity index (χ4v) is 2.29. The van der Waals surface area contributed by atoms with E-state index in [-0.39, 0.29) is 11.5 Å². The zero-order valence-electron chi connectivity index (χ0n) is 11.3. The Labute approximate surface area is 134 Å². The normalized spacial score (nSPS) is 11.1. The number of hydrazone groups is 1. The lowest BCUT2D eigenvalue weighted by molar-refractivity contribution is 0.0929. The monoisotopic (exact) mass is 358 g/mol. The van der Waals surface area contributed by atoms with Crippen molar-refractivity contribution in [1.82, 2.24) is 5.43 Å². The van der Waals surface area contributed by atoms with Crippen LogP contribution in [0.1, 0.15) is 16.1 Å². The summed E-state index contributed by atoms with van der Waals surface area (Å²) in [5, 5.41) is 13.9. The predicted molar refractivity (Wildman–Crippen MR) is 87.1 cm³/mol. The van der Waals surface area contributed by atoms with Crippen LogP contribution in [-0.2, 0) is 0 Å². The van der Waals surface area contributed by atoms with Crippen molar-refractivity contribution in [3.63, 3.8) is 0 Å². The van der Waals surface area contributed by atoms with Crippen LogP contribution < -0.4 is 5.43 Å². The average molecular weight is 359 g/mol. The molecule has 0 atom stereocenters. The van der Waals surface area contributed by atoms with E-state index in [0.29, 0.717) is 5.58 Å². The summed E-state index contributed by atoms with van der Waals surface area (Å²) in [6.07, 6.45) is 1.48. The highest BCUT2D eigenvalue weighted by Crippen LogP contribution is 2.23. The van der Waals surface area contributed by atoms with Gasteiger partial charge in [-0.2, -0.15) is 5.10 Å². The molecule has 1 amide bonds. The number of amides is 1. The number of carbonyl (C=O) groups is 1. The molecule has 0 saturated heterocycles. The second-order valence-corrected chi connectivity index (χ2v) is 5.50. The Morgan fingerprint density at radius 3 is 2.73 bits per heavy atom. The zero-order chi connectivity index (χ0) is 15.5. The predicted octanol–water partition coefficient (Wildman–Crippen LogP) is 3.66. The molecule has 1 aromatic heterocycles. The summed E-state index contributed by atoms with van der Waals surface area (Å²) in [6.45, 7) is 0. The largest absolute Gasteiger partial charge is 0.508 e. The zero-order valence-corrected chi connectivity index (χ0v) is 12.9. The average Bonchev–Trinajstić information content (AvgIpc) is 2.92. The number of nitrogens with zero attached hydrogens (tertiary/aromatic N) is 1. The number of furan rings is 1. The molecule has 0 fully saturated rings. The first-order valence-electron chi connectivity index (χ1n) is 6.43. The van der Waals surface area contributed by atoms with Gasteiger partial charge in [0.15, 0.2) is 5.76 Å². The van der Waals surface area contributed by atoms with Crippen LogP contribution in [0.2, 0.25) is 0 Å². The molecule has 0 saturated carbocycles. The van der Waals surface area contributed by atoms with E-state index in [0.717, 1.165) is 15.4 Å². The first-order valence-corrected chi connectivity index (χ1v) is 7.23. The third kappa shape index (κ3) is 3.17. The number of aromatic hydroxyl groups is 1. The third-order valence-electron chi connectivity index (χ3n) is 2.97. The Bertz CT molecular complexity index is 853. The van der Waals surface area contributed by atoms with Gasteiger partial charge in [-0.1, -0.05) is 15.9 Å². The summed E-state index contributed by atoms with van der Waals surface area (Å²) in [7, 11) is 0. The summed E-state index contributed by atoms with van der Waals surface area (Å²) in [5.74, 6) is -0.0621. The van der Waals surface area contributed by atoms with Crippen LogP contribution in [0.5, 0.6) is 5.75 Å². The Kier molecular flexibility index (Phi) is 3.93. The van der Waals surface area contributed by atoms with Crippen molar-refractivity contribution < 1.29 is 14.3 Å². The number of phenols is 1. The number of hydrogen-bond donors (Lipinski definition) is 2. The quantitative estimate of drug-likeness (QED) is 0.554. The van der Waals surface area contributed by atoms with Crippen LogP contribution in [0, 0.1) is 0 Å². The van der Waals surface area contributed by atoms with Crippen LogP contribution in [0.4, 0.5) is 0 Å². The second kappa shape index (κ2) is 6.03. The maximum atomic E-state index is 12.0. The van der Waals surface area contributed by atoms with Gasteiger partial charge in [0.2, 0.25) is 0 Å². The highest BCUT2D eigenvalue weighted by atomic mass is 79.9. The van der Waals surface area contributed by atoms with Crippen LogP contribution in [0.25, 0.3) is 11.0 Å². The highest BCUT2D eigenvalue weighted by molar-refractivity contribution is 9.10. The molecule has 1 heterocycles. The molecule has 3 rings (SSSR count). The molecule has 2 N–H and O–H groups in total. The molecule has 22 heavy (non-hydrogen) atoms. The molecule has 5 nitrogen and oxygen atoms in total. The maximum Gasteiger partial charge on any atom is 0.307 e. The molecule has 2 aromatic carbocycles. The summed E-state index contributed by atoms with van der Waals surface area (Å²) in [4.78, 5) is 12.0. The van der Waals surface area contributed by atoms with Gasteiger partial charge in [0.05, 0.1) is 6.21 Å². The van der Waals surface area contributed by atoms with E-state index >= 15 is 0 Å². The Morgan fingerprint density at radius 1 is 1.18 bits per heavy atom. The number of halogens is 1. The summed E-state index contributed by atoms with van der Waals surface area (Å²) in [5.41, 5.74) is 3.79. The van der Waals surface area contributed by atoms with Crippen molar-refractivity contribution >= 4 is 39.0 Å². The summed E-state index contributed by atoms with van der Waals surface area (Å²) < 4.78 is 6.38. The lowest BCUT2D eigenvalue weighted by atomic mass is 10.2. The minimum Gasteiger partial charge on any atom is -0.508 e. The van der Waals surface area contributed by atoms with Crippen LogP contribution in [-0.4, -0.2) is 17.2 Å². The van der Waals surface area contributed by atoms with Gasteiger partial charge >= 0.3 is 5.91 Å². The van der Waals surface area contributed by atoms with Gasteiger partial charge in [-0.15, -0.1) is 0 Å². The van der Waals surface area contributed by atoms with E-state index in [1.807, 2.05) is 12.1 Å². The molecule has 0 bridgehead atoms. The van der Waals surface area contributed by atoms with Crippen LogP contribution in [0.3, 0.4) is 0 Å². The Balaban J connectivity index is 1.71. The van der Waals surface area contributed by atoms with Gasteiger partial charge in [-0.25, -0.2) is 5.43 Å². The summed E-state index contributed by atoms with van der Waals surface area (Å²) >= 11 is 3.37. The second-order valence-electron chi connectivity index (χ2n) is 4.58. The summed E-state index contributed by atoms with van der Waals surface area (Å²) in [6, 6.07) is 13.6. The van der Waals surface area contributed by atoms with E-state index in [9.17, 15) is 9.90 Å². The number of rotatable bonds is 3. The van der Waals surface area contributed by atoms with E-state index in [1.165, 1.54) is 6.21 Å². The molecular weight excluding hydrogens is 348 g/mol. The lowest BCUT2D eigenvalue weighted by Gasteiger charge is -1.96. The lowest BCUT2D eigenvalue weighted by Crippen LogP contribution is -2.16. The van der Waals surface area contributed by atoms with Gasteiger partial charge in [0.25, 0.3) is 0 Å². The number of carbonyl (C=O) groups excluding carboxylic acids is 1. The number of phenolic OH excluding ortho intramolecular Hbond substituents is 1. The van der Waals surface area contributed by atoms with Crippen molar-refractivity contribution in [3.8, 4) is 5.75 Å². The Hall–Kier alpha value is -2.60. The van der Waals surface area contributed by atoms with Crippen molar-refractivity contribution in [1.29, 1.82) is 0 Å². The number of benzene rings is 2. The van der Waals surface area contributed by atoms with Gasteiger partial charge < -0.3 is 9.52 Å². The standard InChI is InChI=1S/C16H11BrN2O3/c17-12-3-6-14-11(7-12)8-15(22-14)16(21)19-18-9-10-1-4-13(20)5-2-10/h1-9,20H,(H,19,21)/b18-9-. The first-order chi connectivity index (χ1) is 10.6. The van der Waals surface area contributed by atoms with E-state index in [4.69, 9.17) is 4.42 Å². The van der Waals surface area contributed by atoms with E-state index in [2.05, 4.69) is 26.5 Å². The molecule has 0 aliphatic carbocycles. The number of fused-ring (bicyclic) bond motifs is 1. The molecule has 3 aromatic rings. The van der Waals surface area contributed by atoms with Crippen LogP contribution >= 0.6 is 15.9 Å². The first kappa shape index (κ1) is 14.3. The van der Waals surface area contributed by atoms with Crippen LogP contribution in [0.15, 0.2) is 62.5 Å². The molecule has 110 valence electrons. The van der Waals surface area contributed by atoms with Gasteiger partial charge in [0, 0.05) is 9.86 Å². The highest BCUT2D eigenvalue weighted by Gasteiger charge is 2.11. The topological polar surface area (TPSA) is 74.8 Å². The van der Waals surface area contributed by atoms with Crippen molar-refractivity contribution in [3.05, 3.63) is 64.3 Å². The van der Waals surface area contributed by atoms with Gasteiger partial charge in [-0.3, -0.25) is 4.79 Å². The fourth-order valence-electron chi connectivity index (χ4n) is 1.91. The maximum absolute atomic E-state index is 12.0. The van der Waals surface area contributed by atoms with E-state index < -0.39 is 5.91 Å². The van der Waals surface area contributed by atoms with Crippen molar-refractivity contribution in [2.45, 2.75) is 0 Å². The Morgan fingerprint density at radius 2 is 1.95 bits per heavy atom. The molecule has 0 aliphatic rings. The molecular formula is C16H11BrN2O3. The third-order valence-corrected chi connectivity index (χ3v) is 3.47. The number of hydrogen-bond acceptors (Lipinski definition) is 4. The van der Waals surface area contributed by atoms with Gasteiger partial charge in [0.1, 0.15) is 11.3 Å². The minimum absolute atomic E-state index is 0.176. The van der Waals surface area contributed by atoms with Crippen molar-refractivity contribution in [2.24, 2.45) is 5.10 Å². The molecule has 0 spiro atoms. The van der Waals surface area contributed by atoms with E-state index in [1.54, 1.807) is 36.4 Å². The molecule has 0 aliphatic heterocycles. The fraction of sp³-hybridized carbons (Fsp3) is 0. The number of nitrogens with one attached hydrogen (secondary N) is 1. The molecule has 0 unspecified atom stereocenters. The molecule has 0 radical (unpaired) electrons. The molecule has 6 heteroatoms.